The lowest BCUT2D eigenvalue weighted by Gasteiger charge is -1.96. The van der Waals surface area contributed by atoms with E-state index in [1.165, 1.54) is 24.0 Å². The number of rotatable bonds is 4. The van der Waals surface area contributed by atoms with Crippen molar-refractivity contribution in [1.82, 2.24) is 9.97 Å². The van der Waals surface area contributed by atoms with Crippen LogP contribution in [0.3, 0.4) is 0 Å². The fourth-order valence-corrected chi connectivity index (χ4v) is 2.13. The lowest BCUT2D eigenvalue weighted by atomic mass is 10.3. The molecule has 0 amide bonds. The molecule has 0 aromatic carbocycles. The highest BCUT2D eigenvalue weighted by Crippen LogP contribution is 2.22. The normalized spacial score (nSPS) is 10.5. The maximum atomic E-state index is 11.0. The summed E-state index contributed by atoms with van der Waals surface area (Å²) < 4.78 is 5.19. The number of hydrogen-bond donors (Lipinski definition) is 2. The molecule has 0 saturated carbocycles. The number of carboxylic acids is 1. The summed E-state index contributed by atoms with van der Waals surface area (Å²) in [4.78, 5) is 28.4. The zero-order chi connectivity index (χ0) is 13.1. The zero-order valence-corrected chi connectivity index (χ0v) is 10.3. The van der Waals surface area contributed by atoms with E-state index in [1.807, 2.05) is 0 Å². The fourth-order valence-electron chi connectivity index (χ4n) is 1.40. The molecule has 2 heterocycles. The second-order valence-corrected chi connectivity index (χ2v) is 4.52. The van der Waals surface area contributed by atoms with Gasteiger partial charge >= 0.3 is 5.97 Å². The minimum atomic E-state index is -1.09. The summed E-state index contributed by atoms with van der Waals surface area (Å²) in [7, 11) is 0. The summed E-state index contributed by atoms with van der Waals surface area (Å²) in [6.07, 6.45) is 1.41. The molecule has 2 aromatic heterocycles. The van der Waals surface area contributed by atoms with Crippen molar-refractivity contribution in [3.8, 4) is 0 Å². The van der Waals surface area contributed by atoms with E-state index in [1.54, 1.807) is 13.0 Å². The Bertz CT molecular complexity index is 632. The van der Waals surface area contributed by atoms with E-state index in [2.05, 4.69) is 9.97 Å². The fraction of sp³-hybridized carbons (Fsp3) is 0.182. The Morgan fingerprint density at radius 1 is 1.61 bits per heavy atom. The van der Waals surface area contributed by atoms with Crippen molar-refractivity contribution in [3.05, 3.63) is 45.8 Å². The number of carboxylic acid groups (broad SMARTS) is 1. The van der Waals surface area contributed by atoms with Crippen molar-refractivity contribution in [2.45, 2.75) is 17.8 Å². The number of aromatic nitrogens is 2. The van der Waals surface area contributed by atoms with Crippen LogP contribution in [0.15, 0.2) is 32.7 Å². The smallest absolute Gasteiger partial charge is 0.372 e. The van der Waals surface area contributed by atoms with Crippen molar-refractivity contribution in [2.75, 3.05) is 0 Å². The van der Waals surface area contributed by atoms with Crippen LogP contribution in [0.25, 0.3) is 0 Å². The van der Waals surface area contributed by atoms with E-state index in [4.69, 9.17) is 9.52 Å². The van der Waals surface area contributed by atoms with Gasteiger partial charge in [0, 0.05) is 17.8 Å². The summed E-state index contributed by atoms with van der Waals surface area (Å²) in [5, 5.41) is 9.31. The highest BCUT2D eigenvalue weighted by atomic mass is 32.2. The van der Waals surface area contributed by atoms with Crippen molar-refractivity contribution in [2.24, 2.45) is 0 Å². The second-order valence-electron chi connectivity index (χ2n) is 3.56. The predicted molar refractivity (Wildman–Crippen MR) is 64.8 cm³/mol. The molecule has 0 fully saturated rings. The van der Waals surface area contributed by atoms with Gasteiger partial charge in [0.1, 0.15) is 5.76 Å². The first-order valence-electron chi connectivity index (χ1n) is 5.07. The summed E-state index contributed by atoms with van der Waals surface area (Å²) in [5.74, 6) is -0.211. The van der Waals surface area contributed by atoms with E-state index in [9.17, 15) is 9.59 Å². The maximum absolute atomic E-state index is 11.0. The third-order valence-corrected chi connectivity index (χ3v) is 3.07. The topological polar surface area (TPSA) is 96.2 Å². The molecule has 0 atom stereocenters. The molecule has 2 rings (SSSR count). The van der Waals surface area contributed by atoms with Gasteiger partial charge in [0.2, 0.25) is 5.76 Å². The van der Waals surface area contributed by atoms with Crippen LogP contribution in [0.5, 0.6) is 0 Å². The summed E-state index contributed by atoms with van der Waals surface area (Å²) in [6.45, 7) is 1.67. The minimum absolute atomic E-state index is 0.0554. The van der Waals surface area contributed by atoms with E-state index >= 15 is 0 Å². The highest BCUT2D eigenvalue weighted by molar-refractivity contribution is 7.98. The molecule has 7 heteroatoms. The Morgan fingerprint density at radius 3 is 3.00 bits per heavy atom. The molecule has 94 valence electrons. The summed E-state index contributed by atoms with van der Waals surface area (Å²) in [5.41, 5.74) is 0.349. The number of aromatic carboxylic acids is 1. The first-order valence-corrected chi connectivity index (χ1v) is 6.05. The molecule has 0 aliphatic rings. The van der Waals surface area contributed by atoms with Crippen LogP contribution in [0.1, 0.15) is 21.9 Å². The van der Waals surface area contributed by atoms with Crippen LogP contribution < -0.4 is 5.56 Å². The van der Waals surface area contributed by atoms with Crippen molar-refractivity contribution >= 4 is 17.7 Å². The third-order valence-electron chi connectivity index (χ3n) is 2.16. The third kappa shape index (κ3) is 2.80. The highest BCUT2D eigenvalue weighted by Gasteiger charge is 2.14. The molecular formula is C11H10N2O4S. The van der Waals surface area contributed by atoms with Crippen molar-refractivity contribution in [1.29, 1.82) is 0 Å². The van der Waals surface area contributed by atoms with Gasteiger partial charge in [-0.25, -0.2) is 9.78 Å². The largest absolute Gasteiger partial charge is 0.475 e. The molecule has 0 aliphatic carbocycles. The first kappa shape index (κ1) is 12.4. The molecule has 18 heavy (non-hydrogen) atoms. The minimum Gasteiger partial charge on any atom is -0.475 e. The second kappa shape index (κ2) is 5.09. The van der Waals surface area contributed by atoms with Crippen molar-refractivity contribution < 1.29 is 14.3 Å². The van der Waals surface area contributed by atoms with Gasteiger partial charge in [0.25, 0.3) is 5.56 Å². The molecule has 2 N–H and O–H groups in total. The molecule has 0 spiro atoms. The van der Waals surface area contributed by atoms with Crippen LogP contribution in [0, 0.1) is 6.92 Å². The van der Waals surface area contributed by atoms with Crippen LogP contribution >= 0.6 is 11.8 Å². The van der Waals surface area contributed by atoms with Gasteiger partial charge < -0.3 is 14.5 Å². The van der Waals surface area contributed by atoms with Crippen LogP contribution in [-0.4, -0.2) is 21.0 Å². The summed E-state index contributed by atoms with van der Waals surface area (Å²) >= 11 is 1.27. The number of thioether (sulfide) groups is 1. The molecule has 0 radical (unpaired) electrons. The van der Waals surface area contributed by atoms with E-state index in [0.29, 0.717) is 22.2 Å². The molecular weight excluding hydrogens is 256 g/mol. The number of aryl methyl sites for hydroxylation is 1. The Balaban J connectivity index is 2.09. The number of nitrogens with zero attached hydrogens (tertiary/aromatic N) is 1. The number of nitrogens with one attached hydrogen (secondary N) is 1. The number of aromatic amines is 1. The van der Waals surface area contributed by atoms with Crippen LogP contribution in [0.2, 0.25) is 0 Å². The lowest BCUT2D eigenvalue weighted by Crippen LogP contribution is -2.05. The average molecular weight is 266 g/mol. The Kier molecular flexibility index (Phi) is 3.52. The van der Waals surface area contributed by atoms with Gasteiger partial charge in [-0.1, -0.05) is 11.8 Å². The molecule has 0 bridgehead atoms. The van der Waals surface area contributed by atoms with E-state index < -0.39 is 5.97 Å². The molecule has 0 aliphatic heterocycles. The monoisotopic (exact) mass is 266 g/mol. The lowest BCUT2D eigenvalue weighted by molar-refractivity contribution is 0.0659. The van der Waals surface area contributed by atoms with Crippen LogP contribution in [-0.2, 0) is 5.75 Å². The molecule has 0 unspecified atom stereocenters. The predicted octanol–water partition coefficient (Wildman–Crippen LogP) is 1.66. The Morgan fingerprint density at radius 2 is 2.39 bits per heavy atom. The Labute approximate surface area is 106 Å². The zero-order valence-electron chi connectivity index (χ0n) is 9.47. The SMILES string of the molecule is Cc1cc(CSc2nccc(=O)[nH]2)oc1C(=O)O. The maximum Gasteiger partial charge on any atom is 0.372 e. The van der Waals surface area contributed by atoms with Gasteiger partial charge in [-0.3, -0.25) is 4.79 Å². The first-order chi connectivity index (χ1) is 8.56. The molecule has 2 aromatic rings. The van der Waals surface area contributed by atoms with Crippen molar-refractivity contribution in [3.63, 3.8) is 0 Å². The van der Waals surface area contributed by atoms with Gasteiger partial charge in [0.15, 0.2) is 5.16 Å². The van der Waals surface area contributed by atoms with Crippen LogP contribution in [0.4, 0.5) is 0 Å². The van der Waals surface area contributed by atoms with Gasteiger partial charge in [-0.15, -0.1) is 0 Å². The van der Waals surface area contributed by atoms with E-state index in [0.717, 1.165) is 0 Å². The quantitative estimate of drug-likeness (QED) is 0.645. The number of carbonyl (C=O) groups is 1. The summed E-state index contributed by atoms with van der Waals surface area (Å²) in [6, 6.07) is 2.99. The van der Waals surface area contributed by atoms with Gasteiger partial charge in [-0.2, -0.15) is 0 Å². The number of H-pyrrole nitrogens is 1. The van der Waals surface area contributed by atoms with Gasteiger partial charge in [0.05, 0.1) is 5.75 Å². The standard InChI is InChI=1S/C11H10N2O4S/c1-6-4-7(17-9(6)10(15)16)5-18-11-12-3-2-8(14)13-11/h2-4H,5H2,1H3,(H,15,16)(H,12,13,14). The average Bonchev–Trinajstić information content (AvgIpc) is 2.68. The van der Waals surface area contributed by atoms with E-state index in [-0.39, 0.29) is 11.3 Å². The molecule has 6 nitrogen and oxygen atoms in total. The van der Waals surface area contributed by atoms with Gasteiger partial charge in [-0.05, 0) is 13.0 Å². The molecule has 0 saturated heterocycles. The Hall–Kier alpha value is -2.02. The number of hydrogen-bond acceptors (Lipinski definition) is 5. The number of furan rings is 1.